The number of methoxy groups -OCH3 is 1. The van der Waals surface area contributed by atoms with Crippen LogP contribution in [0.1, 0.15) is 51.3 Å². The summed E-state index contributed by atoms with van der Waals surface area (Å²) in [6, 6.07) is 2.06. The summed E-state index contributed by atoms with van der Waals surface area (Å²) in [7, 11) is 1.67. The van der Waals surface area contributed by atoms with Crippen LogP contribution in [0.2, 0.25) is 10.0 Å². The van der Waals surface area contributed by atoms with Gasteiger partial charge in [-0.15, -0.1) is 0 Å². The number of benzene rings is 1. The van der Waals surface area contributed by atoms with Crippen molar-refractivity contribution in [3.05, 3.63) is 40.7 Å². The predicted octanol–water partition coefficient (Wildman–Crippen LogP) is 5.18. The molecule has 11 nitrogen and oxygen atoms in total. The quantitative estimate of drug-likeness (QED) is 0.308. The molecule has 3 aliphatic heterocycles. The highest BCUT2D eigenvalue weighted by atomic mass is 35.5. The summed E-state index contributed by atoms with van der Waals surface area (Å²) in [6.45, 7) is 17.0. The molecule has 5 heterocycles. The number of anilines is 1. The van der Waals surface area contributed by atoms with Crippen molar-refractivity contribution in [2.75, 3.05) is 71.0 Å². The van der Waals surface area contributed by atoms with Crippen molar-refractivity contribution in [2.24, 2.45) is 11.3 Å². The molecule has 2 aromatic heterocycles. The molecule has 1 N–H and O–H groups in total. The van der Waals surface area contributed by atoms with E-state index in [2.05, 4.69) is 52.0 Å². The van der Waals surface area contributed by atoms with Gasteiger partial charge in [-0.2, -0.15) is 10.2 Å². The molecule has 1 spiro atoms. The molecular formula is C35H46Cl2N8O3. The molecule has 3 aromatic rings. The monoisotopic (exact) mass is 696 g/mol. The van der Waals surface area contributed by atoms with Gasteiger partial charge in [0.25, 0.3) is 0 Å². The highest BCUT2D eigenvalue weighted by molar-refractivity contribution is 6.45. The third-order valence-corrected chi connectivity index (χ3v) is 12.0. The Bertz CT molecular complexity index is 1740. The van der Waals surface area contributed by atoms with E-state index in [1.54, 1.807) is 7.11 Å². The van der Waals surface area contributed by atoms with Gasteiger partial charge < -0.3 is 19.4 Å². The number of carbonyl (C=O) groups excluding carboxylic acids is 2. The summed E-state index contributed by atoms with van der Waals surface area (Å²) in [6.07, 6.45) is 7.14. The number of rotatable bonds is 9. The molecule has 0 bridgehead atoms. The number of aromatic amines is 1. The lowest BCUT2D eigenvalue weighted by atomic mass is 9.60. The predicted molar refractivity (Wildman–Crippen MR) is 189 cm³/mol. The first-order chi connectivity index (χ1) is 22.9. The van der Waals surface area contributed by atoms with Gasteiger partial charge in [0.05, 0.1) is 41.0 Å². The minimum Gasteiger partial charge on any atom is -0.383 e. The van der Waals surface area contributed by atoms with Crippen LogP contribution < -0.4 is 4.90 Å². The van der Waals surface area contributed by atoms with E-state index in [4.69, 9.17) is 33.0 Å². The Morgan fingerprint density at radius 1 is 1.17 bits per heavy atom. The first kappa shape index (κ1) is 33.4. The third-order valence-electron chi connectivity index (χ3n) is 11.3. The number of nitrogens with zero attached hydrogens (tertiary/aromatic N) is 7. The van der Waals surface area contributed by atoms with Crippen LogP contribution in [0, 0.1) is 18.3 Å². The Morgan fingerprint density at radius 2 is 1.94 bits per heavy atom. The minimum absolute atomic E-state index is 0.00483. The molecule has 1 atom stereocenters. The largest absolute Gasteiger partial charge is 0.383 e. The van der Waals surface area contributed by atoms with Crippen LogP contribution in [0.3, 0.4) is 0 Å². The number of carbonyl (C=O) groups is 2. The van der Waals surface area contributed by atoms with E-state index in [-0.39, 0.29) is 28.8 Å². The first-order valence-corrected chi connectivity index (χ1v) is 17.8. The topological polar surface area (TPSA) is 103 Å². The summed E-state index contributed by atoms with van der Waals surface area (Å²) in [5, 5.41) is 14.7. The lowest BCUT2D eigenvalue weighted by molar-refractivity contribution is -0.149. The van der Waals surface area contributed by atoms with E-state index in [9.17, 15) is 9.59 Å². The molecule has 0 radical (unpaired) electrons. The number of hydrogen-bond donors (Lipinski definition) is 1. The fourth-order valence-electron chi connectivity index (χ4n) is 8.84. The van der Waals surface area contributed by atoms with Crippen molar-refractivity contribution in [1.29, 1.82) is 0 Å². The van der Waals surface area contributed by atoms with E-state index < -0.39 is 0 Å². The van der Waals surface area contributed by atoms with Gasteiger partial charge in [0.1, 0.15) is 0 Å². The number of amides is 2. The fraction of sp³-hybridized carbons (Fsp3) is 0.600. The number of hydrogen-bond acceptors (Lipinski definition) is 7. The van der Waals surface area contributed by atoms with Crippen molar-refractivity contribution in [3.8, 4) is 11.1 Å². The fourth-order valence-corrected chi connectivity index (χ4v) is 9.29. The Hall–Kier alpha value is -3.12. The lowest BCUT2D eigenvalue weighted by Gasteiger charge is -2.58. The Morgan fingerprint density at radius 3 is 2.62 bits per heavy atom. The summed E-state index contributed by atoms with van der Waals surface area (Å²) in [4.78, 5) is 33.5. The van der Waals surface area contributed by atoms with Crippen molar-refractivity contribution in [2.45, 2.75) is 58.0 Å². The maximum absolute atomic E-state index is 12.8. The molecule has 4 aliphatic rings. The second-order valence-corrected chi connectivity index (χ2v) is 15.8. The SMILES string of the molecule is C=CC(=O)N1CC2(CC(n3nc(N4CC[C@@H](CN5CCN(CCOC)C(=O)C5)CC4(C)C)c(-c4c(Cl)c(Cl)cc5[nH]ncc45)c3C)C2)C1. The molecule has 48 heavy (non-hydrogen) atoms. The second kappa shape index (κ2) is 12.6. The van der Waals surface area contributed by atoms with Crippen LogP contribution in [0.25, 0.3) is 22.0 Å². The Labute approximate surface area is 292 Å². The number of fused-ring (bicyclic) bond motifs is 1. The number of nitrogens with one attached hydrogen (secondary N) is 1. The van der Waals surface area contributed by atoms with Gasteiger partial charge in [0.15, 0.2) is 5.82 Å². The second-order valence-electron chi connectivity index (χ2n) is 15.0. The number of piperazine rings is 1. The molecule has 1 aliphatic carbocycles. The van der Waals surface area contributed by atoms with Gasteiger partial charge in [-0.1, -0.05) is 29.8 Å². The molecule has 13 heteroatoms. The average molecular weight is 698 g/mol. The number of likely N-dealkylation sites (tertiary alicyclic amines) is 1. The van der Waals surface area contributed by atoms with Crippen molar-refractivity contribution in [1.82, 2.24) is 34.7 Å². The van der Waals surface area contributed by atoms with Crippen LogP contribution >= 0.6 is 23.2 Å². The zero-order valence-corrected chi connectivity index (χ0v) is 29.9. The maximum atomic E-state index is 12.8. The highest BCUT2D eigenvalue weighted by Gasteiger charge is 2.55. The van der Waals surface area contributed by atoms with E-state index >= 15 is 0 Å². The smallest absolute Gasteiger partial charge is 0.245 e. The van der Waals surface area contributed by atoms with E-state index in [0.717, 1.165) is 98.5 Å². The first-order valence-electron chi connectivity index (χ1n) is 17.0. The number of ether oxygens (including phenoxy) is 1. The third kappa shape index (κ3) is 5.80. The molecule has 3 saturated heterocycles. The van der Waals surface area contributed by atoms with Crippen molar-refractivity contribution >= 4 is 51.7 Å². The Kier molecular flexibility index (Phi) is 8.79. The zero-order chi connectivity index (χ0) is 34.0. The van der Waals surface area contributed by atoms with Gasteiger partial charge in [-0.05, 0) is 64.5 Å². The van der Waals surface area contributed by atoms with Crippen LogP contribution in [0.15, 0.2) is 24.9 Å². The molecule has 1 aromatic carbocycles. The van der Waals surface area contributed by atoms with Gasteiger partial charge in [0.2, 0.25) is 11.8 Å². The summed E-state index contributed by atoms with van der Waals surface area (Å²) >= 11 is 13.8. The summed E-state index contributed by atoms with van der Waals surface area (Å²) in [5.74, 6) is 1.57. The summed E-state index contributed by atoms with van der Waals surface area (Å²) < 4.78 is 7.39. The zero-order valence-electron chi connectivity index (χ0n) is 28.4. The van der Waals surface area contributed by atoms with E-state index in [0.29, 0.717) is 35.7 Å². The molecule has 2 amide bonds. The number of H-pyrrole nitrogens is 1. The van der Waals surface area contributed by atoms with Gasteiger partial charge in [-0.3, -0.25) is 24.3 Å². The molecule has 0 unspecified atom stereocenters. The standard InChI is InChI=1S/C35H46Cl2N8O3/c1-6-28(46)43-20-35(21-43)15-24(16-35)45-22(2)30(31-25-17-38-39-27(25)13-26(36)32(31)37)33(40-45)44-8-7-23(14-34(44,3)4)18-41-9-10-42(11-12-48-5)29(47)19-41/h6,13,17,23-24H,1,7-12,14-16,18-21H2,2-5H3,(H,38,39)/t23-/m1/s1. The molecule has 258 valence electrons. The van der Waals surface area contributed by atoms with Crippen LogP contribution in [-0.4, -0.2) is 118 Å². The number of piperidine rings is 1. The lowest BCUT2D eigenvalue weighted by Crippen LogP contribution is -2.63. The van der Waals surface area contributed by atoms with Crippen LogP contribution in [0.4, 0.5) is 5.82 Å². The normalized spacial score (nSPS) is 22.8. The number of aromatic nitrogens is 4. The molecule has 1 saturated carbocycles. The van der Waals surface area contributed by atoms with E-state index in [1.165, 1.54) is 6.08 Å². The van der Waals surface area contributed by atoms with Crippen molar-refractivity contribution < 1.29 is 14.3 Å². The maximum Gasteiger partial charge on any atom is 0.245 e. The van der Waals surface area contributed by atoms with Gasteiger partial charge >= 0.3 is 0 Å². The van der Waals surface area contributed by atoms with Gasteiger partial charge in [-0.25, -0.2) is 0 Å². The Balaban J connectivity index is 1.16. The molecule has 7 rings (SSSR count). The van der Waals surface area contributed by atoms with Crippen molar-refractivity contribution in [3.63, 3.8) is 0 Å². The molecule has 4 fully saturated rings. The number of halogens is 2. The average Bonchev–Trinajstić information content (AvgIpc) is 3.59. The van der Waals surface area contributed by atoms with E-state index in [1.807, 2.05) is 22.1 Å². The highest BCUT2D eigenvalue weighted by Crippen LogP contribution is 2.56. The van der Waals surface area contributed by atoms with Gasteiger partial charge in [0, 0.05) is 86.1 Å². The van der Waals surface area contributed by atoms with Crippen LogP contribution in [0.5, 0.6) is 0 Å². The molecular weight excluding hydrogens is 651 g/mol. The summed E-state index contributed by atoms with van der Waals surface area (Å²) in [5.41, 5.74) is 3.69. The van der Waals surface area contributed by atoms with Crippen LogP contribution in [-0.2, 0) is 14.3 Å². The minimum atomic E-state index is -0.200.